The Morgan fingerprint density at radius 3 is 2.79 bits per heavy atom. The van der Waals surface area contributed by atoms with Crippen molar-refractivity contribution in [1.82, 2.24) is 15.5 Å². The van der Waals surface area contributed by atoms with Gasteiger partial charge < -0.3 is 15.5 Å². The van der Waals surface area contributed by atoms with Crippen LogP contribution in [0.4, 0.5) is 0 Å². The highest BCUT2D eigenvalue weighted by atomic mass is 35.5. The highest BCUT2D eigenvalue weighted by Crippen LogP contribution is 2.15. The lowest BCUT2D eigenvalue weighted by Crippen LogP contribution is -2.44. The summed E-state index contributed by atoms with van der Waals surface area (Å²) in [5.41, 5.74) is 0. The average molecular weight is 292 g/mol. The van der Waals surface area contributed by atoms with Crippen molar-refractivity contribution in [1.29, 1.82) is 0 Å². The van der Waals surface area contributed by atoms with Gasteiger partial charge in [0.2, 0.25) is 5.91 Å². The van der Waals surface area contributed by atoms with Crippen molar-refractivity contribution < 1.29 is 4.79 Å². The zero-order valence-corrected chi connectivity index (χ0v) is 13.6. The zero-order valence-electron chi connectivity index (χ0n) is 12.7. The largest absolute Gasteiger partial charge is 0.355 e. The smallest absolute Gasteiger partial charge is 0.223 e. The first kappa shape index (κ1) is 18.7. The maximum Gasteiger partial charge on any atom is 0.223 e. The van der Waals surface area contributed by atoms with E-state index in [1.165, 1.54) is 0 Å². The fraction of sp³-hybridized carbons (Fsp3) is 0.929. The van der Waals surface area contributed by atoms with Crippen molar-refractivity contribution >= 4 is 18.3 Å². The molecule has 0 bridgehead atoms. The van der Waals surface area contributed by atoms with E-state index in [2.05, 4.69) is 43.4 Å². The van der Waals surface area contributed by atoms with Crippen LogP contribution in [-0.4, -0.2) is 49.6 Å². The molecule has 2 N–H and O–H groups in total. The molecule has 0 spiro atoms. The highest BCUT2D eigenvalue weighted by molar-refractivity contribution is 5.85. The first-order chi connectivity index (χ1) is 8.54. The van der Waals surface area contributed by atoms with Gasteiger partial charge in [0.05, 0.1) is 0 Å². The minimum Gasteiger partial charge on any atom is -0.355 e. The Labute approximate surface area is 124 Å². The number of carbonyl (C=O) groups is 1. The molecule has 0 aromatic carbocycles. The first-order valence-electron chi connectivity index (χ1n) is 7.26. The molecule has 1 heterocycles. The van der Waals surface area contributed by atoms with Crippen LogP contribution in [0, 0.1) is 5.92 Å². The summed E-state index contributed by atoms with van der Waals surface area (Å²) in [6.45, 7) is 9.22. The molecule has 114 valence electrons. The third kappa shape index (κ3) is 6.59. The minimum absolute atomic E-state index is 0. The predicted octanol–water partition coefficient (Wildman–Crippen LogP) is 1.64. The number of likely N-dealkylation sites (N-methyl/N-ethyl adjacent to an activating group) is 1. The molecule has 1 fully saturated rings. The summed E-state index contributed by atoms with van der Waals surface area (Å²) in [7, 11) is 2.12. The van der Waals surface area contributed by atoms with Gasteiger partial charge in [0.1, 0.15) is 0 Å². The lowest BCUT2D eigenvalue weighted by atomic mass is 9.92. The van der Waals surface area contributed by atoms with Crippen LogP contribution in [-0.2, 0) is 4.79 Å². The summed E-state index contributed by atoms with van der Waals surface area (Å²) in [5, 5.41) is 6.45. The Balaban J connectivity index is 0.00000324. The molecule has 4 nitrogen and oxygen atoms in total. The molecular weight excluding hydrogens is 262 g/mol. The Morgan fingerprint density at radius 1 is 1.53 bits per heavy atom. The van der Waals surface area contributed by atoms with Crippen molar-refractivity contribution in [3.8, 4) is 0 Å². The van der Waals surface area contributed by atoms with E-state index >= 15 is 0 Å². The van der Waals surface area contributed by atoms with Crippen molar-refractivity contribution in [3.63, 3.8) is 0 Å². The van der Waals surface area contributed by atoms with Crippen molar-refractivity contribution in [2.45, 2.75) is 52.1 Å². The number of piperidine rings is 1. The lowest BCUT2D eigenvalue weighted by molar-refractivity contribution is -0.126. The van der Waals surface area contributed by atoms with Crippen LogP contribution in [0.25, 0.3) is 0 Å². The molecule has 19 heavy (non-hydrogen) atoms. The number of nitrogens with one attached hydrogen (secondary N) is 2. The molecule has 0 aromatic rings. The predicted molar refractivity (Wildman–Crippen MR) is 82.8 cm³/mol. The summed E-state index contributed by atoms with van der Waals surface area (Å²) in [6, 6.07) is 1.05. The Bertz CT molecular complexity index is 263. The van der Waals surface area contributed by atoms with E-state index < -0.39 is 0 Å². The van der Waals surface area contributed by atoms with E-state index in [1.54, 1.807) is 0 Å². The molecule has 0 aromatic heterocycles. The van der Waals surface area contributed by atoms with Crippen molar-refractivity contribution in [3.05, 3.63) is 0 Å². The Kier molecular flexibility index (Phi) is 9.40. The fourth-order valence-electron chi connectivity index (χ4n) is 2.40. The second kappa shape index (κ2) is 9.56. The number of nitrogens with zero attached hydrogens (tertiary/aromatic N) is 1. The SMILES string of the molecule is CCC(C)N(C)CCNC(=O)[C@H]1CCN[C@@H](C)C1.Cl. The van der Waals surface area contributed by atoms with E-state index in [-0.39, 0.29) is 24.2 Å². The number of hydrogen-bond donors (Lipinski definition) is 2. The topological polar surface area (TPSA) is 44.4 Å². The first-order valence-corrected chi connectivity index (χ1v) is 7.26. The van der Waals surface area contributed by atoms with Gasteiger partial charge in [-0.3, -0.25) is 4.79 Å². The van der Waals surface area contributed by atoms with Gasteiger partial charge in [-0.15, -0.1) is 12.4 Å². The van der Waals surface area contributed by atoms with Crippen molar-refractivity contribution in [2.75, 3.05) is 26.7 Å². The molecular formula is C14H30ClN3O. The average Bonchev–Trinajstić information content (AvgIpc) is 2.37. The molecule has 3 atom stereocenters. The molecule has 0 radical (unpaired) electrons. The van der Waals surface area contributed by atoms with Gasteiger partial charge in [0, 0.05) is 31.1 Å². The summed E-state index contributed by atoms with van der Waals surface area (Å²) in [4.78, 5) is 14.3. The lowest BCUT2D eigenvalue weighted by Gasteiger charge is -2.28. The van der Waals surface area contributed by atoms with Crippen LogP contribution in [0.2, 0.25) is 0 Å². The number of halogens is 1. The van der Waals surface area contributed by atoms with Crippen molar-refractivity contribution in [2.24, 2.45) is 5.92 Å². The number of amides is 1. The molecule has 0 aliphatic carbocycles. The zero-order chi connectivity index (χ0) is 13.5. The molecule has 1 amide bonds. The van der Waals surface area contributed by atoms with Crippen LogP contribution in [0.5, 0.6) is 0 Å². The van der Waals surface area contributed by atoms with E-state index in [1.807, 2.05) is 0 Å². The Morgan fingerprint density at radius 2 is 2.21 bits per heavy atom. The second-order valence-corrected chi connectivity index (χ2v) is 5.61. The van der Waals surface area contributed by atoms with Crippen LogP contribution in [0.1, 0.15) is 40.0 Å². The monoisotopic (exact) mass is 291 g/mol. The van der Waals surface area contributed by atoms with E-state index in [0.29, 0.717) is 12.1 Å². The molecule has 1 unspecified atom stereocenters. The van der Waals surface area contributed by atoms with Gasteiger partial charge in [-0.25, -0.2) is 0 Å². The summed E-state index contributed by atoms with van der Waals surface area (Å²) < 4.78 is 0. The van der Waals surface area contributed by atoms with Gasteiger partial charge in [0.15, 0.2) is 0 Å². The van der Waals surface area contributed by atoms with Gasteiger partial charge in [-0.2, -0.15) is 0 Å². The van der Waals surface area contributed by atoms with E-state index in [4.69, 9.17) is 0 Å². The maximum atomic E-state index is 12.0. The molecule has 0 saturated carbocycles. The van der Waals surface area contributed by atoms with Gasteiger partial charge in [-0.1, -0.05) is 6.92 Å². The molecule has 1 rings (SSSR count). The van der Waals surface area contributed by atoms with E-state index in [0.717, 1.165) is 38.9 Å². The normalized spacial score (nSPS) is 24.7. The van der Waals surface area contributed by atoms with Crippen LogP contribution >= 0.6 is 12.4 Å². The molecule has 1 aliphatic rings. The summed E-state index contributed by atoms with van der Waals surface area (Å²) >= 11 is 0. The van der Waals surface area contributed by atoms with Gasteiger partial charge in [0.25, 0.3) is 0 Å². The molecule has 5 heteroatoms. The second-order valence-electron chi connectivity index (χ2n) is 5.61. The number of hydrogen-bond acceptors (Lipinski definition) is 3. The van der Waals surface area contributed by atoms with Crippen LogP contribution in [0.3, 0.4) is 0 Å². The van der Waals surface area contributed by atoms with Crippen LogP contribution < -0.4 is 10.6 Å². The number of rotatable bonds is 6. The highest BCUT2D eigenvalue weighted by Gasteiger charge is 2.24. The third-order valence-corrected chi connectivity index (χ3v) is 4.10. The number of carbonyl (C=O) groups excluding carboxylic acids is 1. The standard InChI is InChI=1S/C14H29N3O.ClH/c1-5-12(3)17(4)9-8-16-14(18)13-6-7-15-11(2)10-13;/h11-13,15H,5-10H2,1-4H3,(H,16,18);1H/t11-,12?,13-;/m0./s1. The van der Waals surface area contributed by atoms with Gasteiger partial charge >= 0.3 is 0 Å². The fourth-order valence-corrected chi connectivity index (χ4v) is 2.40. The van der Waals surface area contributed by atoms with Crippen LogP contribution in [0.15, 0.2) is 0 Å². The quantitative estimate of drug-likeness (QED) is 0.782. The van der Waals surface area contributed by atoms with E-state index in [9.17, 15) is 4.79 Å². The summed E-state index contributed by atoms with van der Waals surface area (Å²) in [6.07, 6.45) is 3.08. The third-order valence-electron chi connectivity index (χ3n) is 4.10. The summed E-state index contributed by atoms with van der Waals surface area (Å²) in [5.74, 6) is 0.441. The Hall–Kier alpha value is -0.320. The van der Waals surface area contributed by atoms with Gasteiger partial charge in [-0.05, 0) is 46.7 Å². The molecule has 1 saturated heterocycles. The minimum atomic E-state index is 0. The molecule has 1 aliphatic heterocycles. The maximum absolute atomic E-state index is 12.0.